The highest BCUT2D eigenvalue weighted by Crippen LogP contribution is 1.98. The third kappa shape index (κ3) is 2.42. The summed E-state index contributed by atoms with van der Waals surface area (Å²) in [6.45, 7) is 0.668. The van der Waals surface area contributed by atoms with E-state index in [9.17, 15) is 0 Å². The lowest BCUT2D eigenvalue weighted by Crippen LogP contribution is -2.07. The molecule has 0 aromatic carbocycles. The SMILES string of the molecule is Cn1cnc(CCNc2n[nH]c(N)n2)n1. The molecule has 8 nitrogen and oxygen atoms in total. The molecule has 15 heavy (non-hydrogen) atoms. The monoisotopic (exact) mass is 208 g/mol. The largest absolute Gasteiger partial charge is 0.368 e. The second-order valence-corrected chi connectivity index (χ2v) is 3.06. The molecule has 0 unspecified atom stereocenters. The van der Waals surface area contributed by atoms with Crippen LogP contribution in [0.15, 0.2) is 6.33 Å². The van der Waals surface area contributed by atoms with E-state index in [0.717, 1.165) is 12.2 Å². The van der Waals surface area contributed by atoms with Gasteiger partial charge in [0.05, 0.1) is 0 Å². The van der Waals surface area contributed by atoms with Crippen LogP contribution in [0.3, 0.4) is 0 Å². The highest BCUT2D eigenvalue weighted by molar-refractivity contribution is 5.29. The van der Waals surface area contributed by atoms with Crippen LogP contribution in [0.25, 0.3) is 0 Å². The Labute approximate surface area is 85.9 Å². The lowest BCUT2D eigenvalue weighted by atomic mass is 10.4. The first-order valence-corrected chi connectivity index (χ1v) is 4.50. The number of aromatic amines is 1. The summed E-state index contributed by atoms with van der Waals surface area (Å²) in [6.07, 6.45) is 2.38. The van der Waals surface area contributed by atoms with Gasteiger partial charge in [-0.2, -0.15) is 10.1 Å². The van der Waals surface area contributed by atoms with Crippen LogP contribution in [0, 0.1) is 0 Å². The number of hydrogen-bond acceptors (Lipinski definition) is 6. The van der Waals surface area contributed by atoms with E-state index in [1.54, 1.807) is 11.0 Å². The van der Waals surface area contributed by atoms with Gasteiger partial charge in [-0.05, 0) is 0 Å². The number of nitrogens with one attached hydrogen (secondary N) is 2. The van der Waals surface area contributed by atoms with E-state index in [-0.39, 0.29) is 0 Å². The average Bonchev–Trinajstić information content (AvgIpc) is 2.76. The number of aromatic nitrogens is 6. The Balaban J connectivity index is 1.80. The molecule has 0 bridgehead atoms. The maximum atomic E-state index is 5.37. The maximum Gasteiger partial charge on any atom is 0.243 e. The van der Waals surface area contributed by atoms with Gasteiger partial charge in [-0.25, -0.2) is 10.1 Å². The van der Waals surface area contributed by atoms with Crippen LogP contribution < -0.4 is 11.1 Å². The van der Waals surface area contributed by atoms with Crippen molar-refractivity contribution in [3.8, 4) is 0 Å². The molecule has 0 saturated carbocycles. The molecule has 80 valence electrons. The topological polar surface area (TPSA) is 110 Å². The zero-order valence-corrected chi connectivity index (χ0v) is 8.30. The molecule has 8 heteroatoms. The Morgan fingerprint density at radius 2 is 2.47 bits per heavy atom. The van der Waals surface area contributed by atoms with Crippen molar-refractivity contribution in [3.05, 3.63) is 12.2 Å². The Hall–Kier alpha value is -2.12. The van der Waals surface area contributed by atoms with Gasteiger partial charge in [0.25, 0.3) is 0 Å². The fourth-order valence-corrected chi connectivity index (χ4v) is 1.14. The van der Waals surface area contributed by atoms with Crippen LogP contribution in [-0.4, -0.2) is 36.5 Å². The molecule has 0 amide bonds. The summed E-state index contributed by atoms with van der Waals surface area (Å²) in [7, 11) is 1.83. The number of hydrogen-bond donors (Lipinski definition) is 3. The van der Waals surface area contributed by atoms with Crippen molar-refractivity contribution in [2.75, 3.05) is 17.6 Å². The van der Waals surface area contributed by atoms with Gasteiger partial charge in [0.15, 0.2) is 5.82 Å². The van der Waals surface area contributed by atoms with E-state index < -0.39 is 0 Å². The Kier molecular flexibility index (Phi) is 2.48. The second-order valence-electron chi connectivity index (χ2n) is 3.06. The Morgan fingerprint density at radius 3 is 3.07 bits per heavy atom. The quantitative estimate of drug-likeness (QED) is 0.605. The molecule has 0 aliphatic carbocycles. The molecule has 0 atom stereocenters. The fraction of sp³-hybridized carbons (Fsp3) is 0.429. The highest BCUT2D eigenvalue weighted by atomic mass is 15.3. The van der Waals surface area contributed by atoms with Crippen molar-refractivity contribution >= 4 is 11.9 Å². The van der Waals surface area contributed by atoms with E-state index in [2.05, 4.69) is 30.6 Å². The number of nitrogens with zero attached hydrogens (tertiary/aromatic N) is 5. The van der Waals surface area contributed by atoms with Crippen molar-refractivity contribution in [1.29, 1.82) is 0 Å². The Bertz CT molecular complexity index is 389. The smallest absolute Gasteiger partial charge is 0.243 e. The molecule has 0 aliphatic heterocycles. The zero-order chi connectivity index (χ0) is 10.7. The normalized spacial score (nSPS) is 10.5. The number of nitrogen functional groups attached to an aromatic ring is 1. The van der Waals surface area contributed by atoms with Crippen molar-refractivity contribution in [2.45, 2.75) is 6.42 Å². The minimum absolute atomic E-state index is 0.300. The number of rotatable bonds is 4. The summed E-state index contributed by atoms with van der Waals surface area (Å²) in [5.74, 6) is 1.57. The van der Waals surface area contributed by atoms with Crippen molar-refractivity contribution in [2.24, 2.45) is 7.05 Å². The van der Waals surface area contributed by atoms with Gasteiger partial charge in [0.1, 0.15) is 6.33 Å². The van der Waals surface area contributed by atoms with Crippen molar-refractivity contribution in [3.63, 3.8) is 0 Å². The summed E-state index contributed by atoms with van der Waals surface area (Å²) in [5.41, 5.74) is 5.37. The number of anilines is 2. The second kappa shape index (κ2) is 3.95. The molecule has 0 saturated heterocycles. The summed E-state index contributed by atoms with van der Waals surface area (Å²) in [4.78, 5) is 7.99. The van der Waals surface area contributed by atoms with E-state index in [1.165, 1.54) is 0 Å². The molecule has 0 spiro atoms. The fourth-order valence-electron chi connectivity index (χ4n) is 1.14. The average molecular weight is 208 g/mol. The highest BCUT2D eigenvalue weighted by Gasteiger charge is 2.01. The molecule has 2 rings (SSSR count). The van der Waals surface area contributed by atoms with Crippen LogP contribution in [-0.2, 0) is 13.5 Å². The molecule has 2 aromatic rings. The molecule has 0 radical (unpaired) electrons. The van der Waals surface area contributed by atoms with Gasteiger partial charge < -0.3 is 11.1 Å². The molecule has 0 fully saturated rings. The molecular formula is C7H12N8. The first-order valence-electron chi connectivity index (χ1n) is 4.50. The summed E-state index contributed by atoms with van der Waals surface area (Å²) < 4.78 is 1.67. The third-order valence-electron chi connectivity index (χ3n) is 1.78. The maximum absolute atomic E-state index is 5.37. The standard InChI is InChI=1S/C7H12N8/c1-15-4-10-5(14-15)2-3-9-7-11-6(8)12-13-7/h4H,2-3H2,1H3,(H4,8,9,11,12,13). The van der Waals surface area contributed by atoms with Gasteiger partial charge in [-0.1, -0.05) is 0 Å². The molecule has 4 N–H and O–H groups in total. The molecular weight excluding hydrogens is 196 g/mol. The van der Waals surface area contributed by atoms with Crippen LogP contribution >= 0.6 is 0 Å². The summed E-state index contributed by atoms with van der Waals surface area (Å²) in [6, 6.07) is 0. The van der Waals surface area contributed by atoms with E-state index in [1.807, 2.05) is 7.05 Å². The van der Waals surface area contributed by atoms with Gasteiger partial charge >= 0.3 is 0 Å². The first kappa shape index (κ1) is 9.44. The van der Waals surface area contributed by atoms with Crippen LogP contribution in [0.4, 0.5) is 11.9 Å². The van der Waals surface area contributed by atoms with Gasteiger partial charge in [-0.3, -0.25) is 4.68 Å². The minimum atomic E-state index is 0.300. The molecule has 2 aromatic heterocycles. The third-order valence-corrected chi connectivity index (χ3v) is 1.78. The summed E-state index contributed by atoms with van der Waals surface area (Å²) >= 11 is 0. The van der Waals surface area contributed by atoms with E-state index in [4.69, 9.17) is 5.73 Å². The van der Waals surface area contributed by atoms with Gasteiger partial charge in [0, 0.05) is 20.0 Å². The number of aryl methyl sites for hydroxylation is 1. The summed E-state index contributed by atoms with van der Waals surface area (Å²) in [5, 5.41) is 13.5. The van der Waals surface area contributed by atoms with Crippen LogP contribution in [0.1, 0.15) is 5.82 Å². The van der Waals surface area contributed by atoms with Gasteiger partial charge in [0.2, 0.25) is 11.9 Å². The predicted octanol–water partition coefficient (Wildman–Crippen LogP) is -0.830. The van der Waals surface area contributed by atoms with Crippen LogP contribution in [0.5, 0.6) is 0 Å². The minimum Gasteiger partial charge on any atom is -0.368 e. The number of H-pyrrole nitrogens is 1. The first-order chi connectivity index (χ1) is 7.24. The predicted molar refractivity (Wildman–Crippen MR) is 54.0 cm³/mol. The molecule has 2 heterocycles. The lowest BCUT2D eigenvalue weighted by Gasteiger charge is -1.97. The van der Waals surface area contributed by atoms with Crippen LogP contribution in [0.2, 0.25) is 0 Å². The van der Waals surface area contributed by atoms with Crippen molar-refractivity contribution < 1.29 is 0 Å². The van der Waals surface area contributed by atoms with E-state index >= 15 is 0 Å². The zero-order valence-electron chi connectivity index (χ0n) is 8.30. The Morgan fingerprint density at radius 1 is 1.60 bits per heavy atom. The lowest BCUT2D eigenvalue weighted by molar-refractivity contribution is 0.741. The van der Waals surface area contributed by atoms with Gasteiger partial charge in [-0.15, -0.1) is 5.10 Å². The molecule has 0 aliphatic rings. The van der Waals surface area contributed by atoms with Crippen molar-refractivity contribution in [1.82, 2.24) is 29.9 Å². The number of nitrogens with two attached hydrogens (primary N) is 1. The van der Waals surface area contributed by atoms with E-state index in [0.29, 0.717) is 18.4 Å².